The number of amides is 2. The summed E-state index contributed by atoms with van der Waals surface area (Å²) in [7, 11) is 0. The summed E-state index contributed by atoms with van der Waals surface area (Å²) in [6, 6.07) is 15.8. The van der Waals surface area contributed by atoms with Crippen molar-refractivity contribution in [3.8, 4) is 0 Å². The van der Waals surface area contributed by atoms with Crippen molar-refractivity contribution in [3.05, 3.63) is 71.3 Å². The van der Waals surface area contributed by atoms with Crippen LogP contribution in [-0.2, 0) is 11.3 Å². The molecule has 114 valence electrons. The Morgan fingerprint density at radius 2 is 1.73 bits per heavy atom. The van der Waals surface area contributed by atoms with Gasteiger partial charge in [-0.2, -0.15) is 0 Å². The number of nitrogens with one attached hydrogen (secondary N) is 1. The van der Waals surface area contributed by atoms with Crippen LogP contribution in [0.5, 0.6) is 0 Å². The van der Waals surface area contributed by atoms with Crippen LogP contribution in [0.4, 0.5) is 4.79 Å². The molecule has 0 radical (unpaired) electrons. The molecule has 22 heavy (non-hydrogen) atoms. The van der Waals surface area contributed by atoms with E-state index >= 15 is 0 Å². The highest BCUT2D eigenvalue weighted by Crippen LogP contribution is 2.18. The molecule has 2 aromatic rings. The van der Waals surface area contributed by atoms with Crippen molar-refractivity contribution in [2.45, 2.75) is 19.6 Å². The summed E-state index contributed by atoms with van der Waals surface area (Å²) in [6.07, 6.45) is -0.315. The predicted octanol–water partition coefficient (Wildman–Crippen LogP) is 2.77. The highest BCUT2D eigenvalue weighted by molar-refractivity contribution is 5.89. The molecule has 0 saturated heterocycles. The molecule has 0 heterocycles. The minimum Gasteiger partial charge on any atom is -0.454 e. The van der Waals surface area contributed by atoms with Gasteiger partial charge >= 0.3 is 12.0 Å². The van der Waals surface area contributed by atoms with E-state index in [1.54, 1.807) is 24.3 Å². The zero-order valence-electron chi connectivity index (χ0n) is 12.3. The monoisotopic (exact) mass is 298 g/mol. The summed E-state index contributed by atoms with van der Waals surface area (Å²) in [6.45, 7) is 2.16. The number of hydrogen-bond acceptors (Lipinski definition) is 3. The summed E-state index contributed by atoms with van der Waals surface area (Å²) in [5, 5.41) is 2.49. The number of rotatable bonds is 5. The van der Waals surface area contributed by atoms with E-state index < -0.39 is 6.03 Å². The number of urea groups is 1. The fraction of sp³-hybridized carbons (Fsp3) is 0.176. The van der Waals surface area contributed by atoms with Crippen LogP contribution in [0.2, 0.25) is 0 Å². The normalized spacial score (nSPS) is 11.5. The highest BCUT2D eigenvalue weighted by atomic mass is 16.5. The van der Waals surface area contributed by atoms with Crippen molar-refractivity contribution in [2.75, 3.05) is 0 Å². The molecule has 0 saturated carbocycles. The third-order valence-corrected chi connectivity index (χ3v) is 3.21. The smallest absolute Gasteiger partial charge is 0.338 e. The van der Waals surface area contributed by atoms with Crippen LogP contribution in [-0.4, -0.2) is 12.0 Å². The molecule has 0 aliphatic heterocycles. The average molecular weight is 298 g/mol. The first-order valence-corrected chi connectivity index (χ1v) is 6.94. The number of esters is 1. The van der Waals surface area contributed by atoms with E-state index in [4.69, 9.17) is 10.5 Å². The minimum absolute atomic E-state index is 0.315. The van der Waals surface area contributed by atoms with Gasteiger partial charge in [-0.15, -0.1) is 0 Å². The third kappa shape index (κ3) is 4.34. The summed E-state index contributed by atoms with van der Waals surface area (Å²) in [5.41, 5.74) is 7.26. The van der Waals surface area contributed by atoms with Crippen LogP contribution in [0.3, 0.4) is 0 Å². The van der Waals surface area contributed by atoms with Gasteiger partial charge in [0.15, 0.2) is 0 Å². The van der Waals surface area contributed by atoms with Crippen molar-refractivity contribution < 1.29 is 14.3 Å². The van der Waals surface area contributed by atoms with Crippen LogP contribution in [0, 0.1) is 0 Å². The van der Waals surface area contributed by atoms with Crippen molar-refractivity contribution in [3.63, 3.8) is 0 Å². The second-order valence-electron chi connectivity index (χ2n) is 4.87. The SMILES string of the molecule is C[C@H](OC(=O)c1ccc(CNC(N)=O)cc1)c1ccccc1. The number of nitrogens with two attached hydrogens (primary N) is 1. The zero-order valence-corrected chi connectivity index (χ0v) is 12.3. The van der Waals surface area contributed by atoms with Crippen LogP contribution >= 0.6 is 0 Å². The lowest BCUT2D eigenvalue weighted by Crippen LogP contribution is -2.28. The van der Waals surface area contributed by atoms with Gasteiger partial charge in [0.2, 0.25) is 0 Å². The number of primary amides is 1. The van der Waals surface area contributed by atoms with Crippen LogP contribution in [0.1, 0.15) is 34.5 Å². The number of carbonyl (C=O) groups excluding carboxylic acids is 2. The molecular formula is C17H18N2O3. The van der Waals surface area contributed by atoms with Crippen molar-refractivity contribution in [1.82, 2.24) is 5.32 Å². The van der Waals surface area contributed by atoms with E-state index in [2.05, 4.69) is 5.32 Å². The van der Waals surface area contributed by atoms with Crippen LogP contribution < -0.4 is 11.1 Å². The molecule has 0 unspecified atom stereocenters. The number of benzene rings is 2. The Balaban J connectivity index is 1.96. The van der Waals surface area contributed by atoms with E-state index in [1.807, 2.05) is 37.3 Å². The van der Waals surface area contributed by atoms with Crippen LogP contribution in [0.15, 0.2) is 54.6 Å². The predicted molar refractivity (Wildman–Crippen MR) is 83.1 cm³/mol. The van der Waals surface area contributed by atoms with Gasteiger partial charge in [0.1, 0.15) is 6.10 Å². The van der Waals surface area contributed by atoms with Gasteiger partial charge in [-0.3, -0.25) is 0 Å². The molecule has 0 bridgehead atoms. The average Bonchev–Trinajstić information content (AvgIpc) is 2.54. The van der Waals surface area contributed by atoms with Gasteiger partial charge in [0.05, 0.1) is 5.56 Å². The highest BCUT2D eigenvalue weighted by Gasteiger charge is 2.13. The zero-order chi connectivity index (χ0) is 15.9. The van der Waals surface area contributed by atoms with Gasteiger partial charge in [-0.1, -0.05) is 42.5 Å². The number of hydrogen-bond donors (Lipinski definition) is 2. The molecule has 2 rings (SSSR count). The van der Waals surface area contributed by atoms with Crippen molar-refractivity contribution in [1.29, 1.82) is 0 Å². The standard InChI is InChI=1S/C17H18N2O3/c1-12(14-5-3-2-4-6-14)22-16(20)15-9-7-13(8-10-15)11-19-17(18)21/h2-10,12H,11H2,1H3,(H3,18,19,21)/t12-/m0/s1. The molecule has 3 N–H and O–H groups in total. The van der Waals surface area contributed by atoms with Crippen molar-refractivity contribution >= 4 is 12.0 Å². The van der Waals surface area contributed by atoms with E-state index in [0.717, 1.165) is 11.1 Å². The maximum Gasteiger partial charge on any atom is 0.338 e. The Kier molecular flexibility index (Phi) is 5.14. The second kappa shape index (κ2) is 7.26. The van der Waals surface area contributed by atoms with E-state index in [0.29, 0.717) is 12.1 Å². The topological polar surface area (TPSA) is 81.4 Å². The lowest BCUT2D eigenvalue weighted by atomic mass is 10.1. The molecular weight excluding hydrogens is 280 g/mol. The Labute approximate surface area is 129 Å². The number of ether oxygens (including phenoxy) is 1. The molecule has 0 spiro atoms. The molecule has 0 aliphatic carbocycles. The quantitative estimate of drug-likeness (QED) is 0.833. The Morgan fingerprint density at radius 1 is 1.09 bits per heavy atom. The van der Waals surface area contributed by atoms with Gasteiger partial charge in [-0.05, 0) is 30.2 Å². The van der Waals surface area contributed by atoms with E-state index in [9.17, 15) is 9.59 Å². The van der Waals surface area contributed by atoms with E-state index in [-0.39, 0.29) is 12.1 Å². The first-order valence-electron chi connectivity index (χ1n) is 6.94. The summed E-state index contributed by atoms with van der Waals surface area (Å²) >= 11 is 0. The Morgan fingerprint density at radius 3 is 2.32 bits per heavy atom. The fourth-order valence-electron chi connectivity index (χ4n) is 1.97. The molecule has 0 fully saturated rings. The lowest BCUT2D eigenvalue weighted by molar-refractivity contribution is 0.0338. The summed E-state index contributed by atoms with van der Waals surface area (Å²) < 4.78 is 5.43. The maximum atomic E-state index is 12.1. The summed E-state index contributed by atoms with van der Waals surface area (Å²) in [5.74, 6) is -0.384. The molecule has 5 nitrogen and oxygen atoms in total. The first-order chi connectivity index (χ1) is 10.6. The molecule has 2 amide bonds. The Bertz CT molecular complexity index is 639. The Hall–Kier alpha value is -2.82. The van der Waals surface area contributed by atoms with Crippen LogP contribution in [0.25, 0.3) is 0 Å². The van der Waals surface area contributed by atoms with Crippen molar-refractivity contribution in [2.24, 2.45) is 5.73 Å². The van der Waals surface area contributed by atoms with Gasteiger partial charge in [0, 0.05) is 6.54 Å². The molecule has 0 aromatic heterocycles. The molecule has 2 aromatic carbocycles. The molecule has 5 heteroatoms. The second-order valence-corrected chi connectivity index (χ2v) is 4.87. The fourth-order valence-corrected chi connectivity index (χ4v) is 1.97. The van der Waals surface area contributed by atoms with Gasteiger partial charge in [-0.25, -0.2) is 9.59 Å². The molecule has 0 aliphatic rings. The maximum absolute atomic E-state index is 12.1. The van der Waals surface area contributed by atoms with Gasteiger partial charge < -0.3 is 15.8 Å². The van der Waals surface area contributed by atoms with Gasteiger partial charge in [0.25, 0.3) is 0 Å². The number of carbonyl (C=O) groups is 2. The van der Waals surface area contributed by atoms with E-state index in [1.165, 1.54) is 0 Å². The summed E-state index contributed by atoms with van der Waals surface area (Å²) in [4.78, 5) is 22.7. The lowest BCUT2D eigenvalue weighted by Gasteiger charge is -2.13. The third-order valence-electron chi connectivity index (χ3n) is 3.21. The minimum atomic E-state index is -0.583. The molecule has 1 atom stereocenters. The first kappa shape index (κ1) is 15.6. The largest absolute Gasteiger partial charge is 0.454 e.